The second-order valence-corrected chi connectivity index (χ2v) is 9.67. The molecule has 29 heavy (non-hydrogen) atoms. The molecule has 7 nitrogen and oxygen atoms in total. The molecule has 0 spiro atoms. The Morgan fingerprint density at radius 3 is 2.48 bits per heavy atom. The second kappa shape index (κ2) is 8.31. The quantitative estimate of drug-likeness (QED) is 0.765. The molecule has 1 aliphatic rings. The summed E-state index contributed by atoms with van der Waals surface area (Å²) in [5.74, 6) is -0.671. The molecule has 2 amide bonds. The van der Waals surface area contributed by atoms with Crippen LogP contribution in [0.4, 0.5) is 11.4 Å². The lowest BCUT2D eigenvalue weighted by atomic mass is 10.1. The molecular formula is C19H19Cl2N3O4S. The van der Waals surface area contributed by atoms with E-state index in [4.69, 9.17) is 23.2 Å². The summed E-state index contributed by atoms with van der Waals surface area (Å²) in [4.78, 5) is 26.5. The number of anilines is 2. The minimum Gasteiger partial charge on any atom is -0.324 e. The predicted octanol–water partition coefficient (Wildman–Crippen LogP) is 3.38. The molecule has 1 heterocycles. The number of carbonyl (C=O) groups is 2. The van der Waals surface area contributed by atoms with Gasteiger partial charge >= 0.3 is 0 Å². The van der Waals surface area contributed by atoms with E-state index >= 15 is 0 Å². The van der Waals surface area contributed by atoms with E-state index in [0.717, 1.165) is 4.31 Å². The van der Waals surface area contributed by atoms with Crippen LogP contribution in [0.15, 0.2) is 47.4 Å². The van der Waals surface area contributed by atoms with Crippen molar-refractivity contribution >= 4 is 56.4 Å². The van der Waals surface area contributed by atoms with Crippen molar-refractivity contribution in [1.29, 1.82) is 0 Å². The molecule has 154 valence electrons. The molecule has 3 rings (SSSR count). The first kappa shape index (κ1) is 21.6. The van der Waals surface area contributed by atoms with Crippen LogP contribution in [-0.2, 0) is 19.6 Å². The fourth-order valence-electron chi connectivity index (χ4n) is 3.18. The molecule has 0 aromatic heterocycles. The zero-order valence-electron chi connectivity index (χ0n) is 15.7. The summed E-state index contributed by atoms with van der Waals surface area (Å²) in [5, 5.41) is 3.12. The maximum absolute atomic E-state index is 13.1. The van der Waals surface area contributed by atoms with Crippen molar-refractivity contribution in [2.45, 2.75) is 24.3 Å². The number of nitrogens with one attached hydrogen (secondary N) is 1. The van der Waals surface area contributed by atoms with Crippen molar-refractivity contribution in [2.75, 3.05) is 23.8 Å². The Kier molecular flexibility index (Phi) is 6.19. The maximum atomic E-state index is 13.1. The average molecular weight is 456 g/mol. The summed E-state index contributed by atoms with van der Waals surface area (Å²) in [5.41, 5.74) is 1.02. The van der Waals surface area contributed by atoms with E-state index in [9.17, 15) is 18.0 Å². The van der Waals surface area contributed by atoms with Crippen LogP contribution in [0.1, 0.15) is 13.3 Å². The number of carbonyl (C=O) groups excluding carboxylic acids is 2. The van der Waals surface area contributed by atoms with E-state index in [2.05, 4.69) is 5.32 Å². The van der Waals surface area contributed by atoms with Crippen LogP contribution in [0.5, 0.6) is 0 Å². The van der Waals surface area contributed by atoms with Gasteiger partial charge in [0.1, 0.15) is 0 Å². The Hall–Kier alpha value is -2.13. The molecule has 1 unspecified atom stereocenters. The van der Waals surface area contributed by atoms with Crippen LogP contribution in [0.2, 0.25) is 10.0 Å². The van der Waals surface area contributed by atoms with Gasteiger partial charge in [0, 0.05) is 29.6 Å². The van der Waals surface area contributed by atoms with Gasteiger partial charge in [-0.1, -0.05) is 35.3 Å². The van der Waals surface area contributed by atoms with Crippen molar-refractivity contribution in [3.8, 4) is 0 Å². The number of nitrogens with zero attached hydrogens (tertiary/aromatic N) is 2. The van der Waals surface area contributed by atoms with Gasteiger partial charge in [0.2, 0.25) is 21.8 Å². The number of sulfonamides is 1. The van der Waals surface area contributed by atoms with Crippen molar-refractivity contribution in [1.82, 2.24) is 4.31 Å². The van der Waals surface area contributed by atoms with E-state index < -0.39 is 28.5 Å². The Morgan fingerprint density at radius 2 is 1.83 bits per heavy atom. The average Bonchev–Trinajstić information content (AvgIpc) is 2.74. The van der Waals surface area contributed by atoms with Gasteiger partial charge in [-0.15, -0.1) is 0 Å². The highest BCUT2D eigenvalue weighted by molar-refractivity contribution is 7.89. The largest absolute Gasteiger partial charge is 0.324 e. The molecule has 0 saturated heterocycles. The minimum atomic E-state index is -4.00. The Morgan fingerprint density at radius 1 is 1.21 bits per heavy atom. The summed E-state index contributed by atoms with van der Waals surface area (Å²) in [6.07, 6.45) is 0.0980. The number of hydrogen-bond acceptors (Lipinski definition) is 4. The molecule has 0 aliphatic carbocycles. The molecule has 2 aromatic rings. The zero-order valence-corrected chi connectivity index (χ0v) is 18.1. The number of amides is 2. The molecule has 1 N–H and O–H groups in total. The van der Waals surface area contributed by atoms with Gasteiger partial charge in [-0.3, -0.25) is 9.59 Å². The van der Waals surface area contributed by atoms with E-state index in [1.54, 1.807) is 31.2 Å². The molecule has 1 aliphatic heterocycles. The molecule has 0 radical (unpaired) electrons. The van der Waals surface area contributed by atoms with Crippen LogP contribution in [0.3, 0.4) is 0 Å². The summed E-state index contributed by atoms with van der Waals surface area (Å²) in [6, 6.07) is 10.4. The van der Waals surface area contributed by atoms with Crippen molar-refractivity contribution in [3.63, 3.8) is 0 Å². The van der Waals surface area contributed by atoms with Crippen LogP contribution in [0, 0.1) is 0 Å². The van der Waals surface area contributed by atoms with Gasteiger partial charge in [-0.05, 0) is 37.3 Å². The lowest BCUT2D eigenvalue weighted by Gasteiger charge is -2.29. The van der Waals surface area contributed by atoms with E-state index in [1.807, 2.05) is 0 Å². The van der Waals surface area contributed by atoms with Crippen LogP contribution in [-0.4, -0.2) is 44.2 Å². The summed E-state index contributed by atoms with van der Waals surface area (Å²) >= 11 is 11.8. The van der Waals surface area contributed by atoms with E-state index in [0.29, 0.717) is 11.4 Å². The number of halogens is 2. The summed E-state index contributed by atoms with van der Waals surface area (Å²) in [7, 11) is -2.69. The molecule has 1 atom stereocenters. The third-order valence-electron chi connectivity index (χ3n) is 4.53. The third-order valence-corrected chi connectivity index (χ3v) is 6.75. The molecule has 0 fully saturated rings. The van der Waals surface area contributed by atoms with Gasteiger partial charge in [0.15, 0.2) is 0 Å². The highest BCUT2D eigenvalue weighted by Gasteiger charge is 2.32. The molecule has 0 bridgehead atoms. The number of para-hydroxylation sites is 2. The zero-order chi connectivity index (χ0) is 21.3. The fourth-order valence-corrected chi connectivity index (χ4v) is 5.02. The van der Waals surface area contributed by atoms with Crippen molar-refractivity contribution in [3.05, 3.63) is 52.5 Å². The smallest absolute Gasteiger partial charge is 0.243 e. The van der Waals surface area contributed by atoms with Crippen molar-refractivity contribution in [2.24, 2.45) is 0 Å². The van der Waals surface area contributed by atoms with Crippen molar-refractivity contribution < 1.29 is 18.0 Å². The molecular weight excluding hydrogens is 437 g/mol. The van der Waals surface area contributed by atoms with Crippen LogP contribution >= 0.6 is 23.2 Å². The fraction of sp³-hybridized carbons (Fsp3) is 0.263. The number of hydrogen-bond donors (Lipinski definition) is 1. The Bertz CT molecular complexity index is 1050. The number of rotatable bonds is 4. The molecule has 10 heteroatoms. The van der Waals surface area contributed by atoms with Gasteiger partial charge in [-0.2, -0.15) is 4.31 Å². The van der Waals surface area contributed by atoms with Gasteiger partial charge < -0.3 is 10.2 Å². The standard InChI is InChI=1S/C19H19Cl2N3O4S/c1-12-7-18(25)22-16-5-3-4-6-17(16)24(12)19(26)11-23(2)29(27,28)15-9-13(20)8-14(21)10-15/h3-6,8-10,12H,7,11H2,1-2H3,(H,22,25). The topological polar surface area (TPSA) is 86.8 Å². The second-order valence-electron chi connectivity index (χ2n) is 6.75. The minimum absolute atomic E-state index is 0.0980. The summed E-state index contributed by atoms with van der Waals surface area (Å²) in [6.45, 7) is 1.32. The lowest BCUT2D eigenvalue weighted by Crippen LogP contribution is -2.45. The van der Waals surface area contributed by atoms with Crippen LogP contribution in [0.25, 0.3) is 0 Å². The maximum Gasteiger partial charge on any atom is 0.243 e. The third kappa shape index (κ3) is 4.56. The first-order valence-corrected chi connectivity index (χ1v) is 10.9. The molecule has 2 aromatic carbocycles. The highest BCUT2D eigenvalue weighted by Crippen LogP contribution is 2.31. The Balaban J connectivity index is 1.90. The number of likely N-dealkylation sites (N-methyl/N-ethyl adjacent to an activating group) is 1. The predicted molar refractivity (Wildman–Crippen MR) is 113 cm³/mol. The van der Waals surface area contributed by atoms with E-state index in [1.165, 1.54) is 30.1 Å². The highest BCUT2D eigenvalue weighted by atomic mass is 35.5. The lowest BCUT2D eigenvalue weighted by molar-refractivity contribution is -0.119. The molecule has 0 saturated carbocycles. The van der Waals surface area contributed by atoms with Crippen LogP contribution < -0.4 is 10.2 Å². The number of benzene rings is 2. The van der Waals surface area contributed by atoms with Gasteiger partial charge in [-0.25, -0.2) is 8.42 Å². The monoisotopic (exact) mass is 455 g/mol. The Labute approximate surface area is 179 Å². The SMILES string of the molecule is CC1CC(=O)Nc2ccccc2N1C(=O)CN(C)S(=O)(=O)c1cc(Cl)cc(Cl)c1. The first-order valence-electron chi connectivity index (χ1n) is 8.73. The van der Waals surface area contributed by atoms with Gasteiger partial charge in [0.05, 0.1) is 22.8 Å². The number of fused-ring (bicyclic) bond motifs is 1. The first-order chi connectivity index (χ1) is 13.6. The van der Waals surface area contributed by atoms with Gasteiger partial charge in [0.25, 0.3) is 0 Å². The van der Waals surface area contributed by atoms with E-state index in [-0.39, 0.29) is 27.3 Å². The summed E-state index contributed by atoms with van der Waals surface area (Å²) < 4.78 is 26.7. The normalized spacial score (nSPS) is 16.9.